The number of hydrogen-bond acceptors (Lipinski definition) is 5. The van der Waals surface area contributed by atoms with Crippen LogP contribution < -0.4 is 5.32 Å². The number of nitrogens with one attached hydrogen (secondary N) is 1. The van der Waals surface area contributed by atoms with Crippen LogP contribution in [0.2, 0.25) is 0 Å². The Hall–Kier alpha value is -1.33. The van der Waals surface area contributed by atoms with Crippen molar-refractivity contribution in [3.05, 3.63) is 29.0 Å². The van der Waals surface area contributed by atoms with Gasteiger partial charge >= 0.3 is 0 Å². The molecule has 1 saturated carbocycles. The van der Waals surface area contributed by atoms with Gasteiger partial charge in [-0.05, 0) is 44.9 Å². The molecule has 5 heteroatoms. The number of pyridine rings is 1. The first-order valence-corrected chi connectivity index (χ1v) is 7.62. The third kappa shape index (κ3) is 3.36. The molecular formula is C14H18N4S. The summed E-state index contributed by atoms with van der Waals surface area (Å²) in [5, 5.41) is 14.2. The van der Waals surface area contributed by atoms with E-state index in [4.69, 9.17) is 0 Å². The lowest BCUT2D eigenvalue weighted by Gasteiger charge is -1.99. The summed E-state index contributed by atoms with van der Waals surface area (Å²) in [4.78, 5) is 4.30. The van der Waals surface area contributed by atoms with Crippen LogP contribution in [0.4, 0.5) is 0 Å². The zero-order valence-corrected chi connectivity index (χ0v) is 11.9. The van der Waals surface area contributed by atoms with Crippen molar-refractivity contribution >= 4 is 11.3 Å². The smallest absolute Gasteiger partial charge is 0.149 e. The average molecular weight is 274 g/mol. The molecule has 0 aromatic carbocycles. The maximum atomic E-state index is 4.30. The molecule has 0 aliphatic heterocycles. The Balaban J connectivity index is 1.57. The largest absolute Gasteiger partial charge is 0.314 e. The lowest BCUT2D eigenvalue weighted by Crippen LogP contribution is -2.17. The summed E-state index contributed by atoms with van der Waals surface area (Å²) in [5.74, 6) is 0. The fraction of sp³-hybridized carbons (Fsp3) is 0.500. The van der Waals surface area contributed by atoms with Gasteiger partial charge in [-0.25, -0.2) is 0 Å². The van der Waals surface area contributed by atoms with Gasteiger partial charge < -0.3 is 5.32 Å². The van der Waals surface area contributed by atoms with E-state index in [2.05, 4.69) is 26.6 Å². The van der Waals surface area contributed by atoms with E-state index in [1.807, 2.05) is 19.2 Å². The maximum absolute atomic E-state index is 4.30. The Morgan fingerprint density at radius 1 is 1.37 bits per heavy atom. The lowest BCUT2D eigenvalue weighted by molar-refractivity contribution is 0.643. The molecule has 3 rings (SSSR count). The molecule has 2 aromatic rings. The fourth-order valence-electron chi connectivity index (χ4n) is 2.01. The Morgan fingerprint density at radius 3 is 3.05 bits per heavy atom. The summed E-state index contributed by atoms with van der Waals surface area (Å²) < 4.78 is 0. The van der Waals surface area contributed by atoms with E-state index in [-0.39, 0.29) is 0 Å². The average Bonchev–Trinajstić information content (AvgIpc) is 3.13. The Labute approximate surface area is 117 Å². The quantitative estimate of drug-likeness (QED) is 0.823. The Morgan fingerprint density at radius 2 is 2.26 bits per heavy atom. The molecule has 0 radical (unpaired) electrons. The third-order valence-electron chi connectivity index (χ3n) is 3.28. The van der Waals surface area contributed by atoms with E-state index in [9.17, 15) is 0 Å². The van der Waals surface area contributed by atoms with Crippen LogP contribution in [-0.4, -0.2) is 27.8 Å². The molecule has 2 heterocycles. The van der Waals surface area contributed by atoms with Gasteiger partial charge in [0.05, 0.1) is 0 Å². The molecule has 1 fully saturated rings. The van der Waals surface area contributed by atoms with E-state index >= 15 is 0 Å². The molecule has 2 aromatic heterocycles. The van der Waals surface area contributed by atoms with Gasteiger partial charge in [-0.1, -0.05) is 11.3 Å². The van der Waals surface area contributed by atoms with E-state index < -0.39 is 0 Å². The van der Waals surface area contributed by atoms with Crippen LogP contribution in [0.15, 0.2) is 18.3 Å². The van der Waals surface area contributed by atoms with E-state index in [0.717, 1.165) is 46.7 Å². The molecule has 0 bridgehead atoms. The third-order valence-corrected chi connectivity index (χ3v) is 4.30. The predicted molar refractivity (Wildman–Crippen MR) is 77.2 cm³/mol. The molecule has 19 heavy (non-hydrogen) atoms. The highest BCUT2D eigenvalue weighted by Crippen LogP contribution is 2.25. The molecule has 0 spiro atoms. The topological polar surface area (TPSA) is 50.7 Å². The number of rotatable bonds is 6. The first-order valence-electron chi connectivity index (χ1n) is 6.80. The summed E-state index contributed by atoms with van der Waals surface area (Å²) in [6, 6.07) is 4.80. The minimum atomic E-state index is 0.794. The van der Waals surface area contributed by atoms with Gasteiger partial charge in [0, 0.05) is 29.9 Å². The molecule has 1 aliphatic carbocycles. The van der Waals surface area contributed by atoms with Crippen molar-refractivity contribution in [1.29, 1.82) is 0 Å². The number of aryl methyl sites for hydroxylation is 2. The fourth-order valence-corrected chi connectivity index (χ4v) is 2.97. The van der Waals surface area contributed by atoms with E-state index in [0.29, 0.717) is 0 Å². The van der Waals surface area contributed by atoms with Crippen LogP contribution in [0.5, 0.6) is 0 Å². The van der Waals surface area contributed by atoms with Gasteiger partial charge in [-0.15, -0.1) is 10.2 Å². The molecule has 0 atom stereocenters. The molecule has 4 nitrogen and oxygen atoms in total. The van der Waals surface area contributed by atoms with Crippen LogP contribution in [0.1, 0.15) is 30.0 Å². The number of hydrogen-bond donors (Lipinski definition) is 1. The van der Waals surface area contributed by atoms with Gasteiger partial charge in [0.1, 0.15) is 10.0 Å². The standard InChI is InChI=1S/C14H18N4S/c1-10-12(4-2-8-15-10)14-18-17-13(19-14)5-3-9-16-11-6-7-11/h2,4,8,11,16H,3,5-7,9H2,1H3. The second-order valence-corrected chi connectivity index (χ2v) is 6.03. The summed E-state index contributed by atoms with van der Waals surface area (Å²) in [7, 11) is 0. The molecule has 1 aliphatic rings. The van der Waals surface area contributed by atoms with Gasteiger partial charge in [0.25, 0.3) is 0 Å². The van der Waals surface area contributed by atoms with Crippen molar-refractivity contribution in [3.8, 4) is 10.6 Å². The second kappa shape index (κ2) is 5.75. The lowest BCUT2D eigenvalue weighted by atomic mass is 10.2. The van der Waals surface area contributed by atoms with Gasteiger partial charge in [-0.3, -0.25) is 4.98 Å². The molecule has 0 amide bonds. The van der Waals surface area contributed by atoms with Crippen molar-refractivity contribution in [3.63, 3.8) is 0 Å². The van der Waals surface area contributed by atoms with Crippen molar-refractivity contribution in [2.75, 3.05) is 6.54 Å². The zero-order chi connectivity index (χ0) is 13.1. The Kier molecular flexibility index (Phi) is 3.84. The predicted octanol–water partition coefficient (Wildman–Crippen LogP) is 2.59. The van der Waals surface area contributed by atoms with Crippen molar-refractivity contribution < 1.29 is 0 Å². The first kappa shape index (κ1) is 12.7. The summed E-state index contributed by atoms with van der Waals surface area (Å²) in [5.41, 5.74) is 2.11. The molecule has 100 valence electrons. The van der Waals surface area contributed by atoms with Crippen molar-refractivity contribution in [1.82, 2.24) is 20.5 Å². The summed E-state index contributed by atoms with van der Waals surface area (Å²) >= 11 is 1.68. The molecule has 0 unspecified atom stereocenters. The molecule has 1 N–H and O–H groups in total. The highest BCUT2D eigenvalue weighted by molar-refractivity contribution is 7.14. The van der Waals surface area contributed by atoms with Crippen LogP contribution >= 0.6 is 11.3 Å². The monoisotopic (exact) mass is 274 g/mol. The van der Waals surface area contributed by atoms with Crippen LogP contribution in [0.3, 0.4) is 0 Å². The highest BCUT2D eigenvalue weighted by Gasteiger charge is 2.19. The number of nitrogens with zero attached hydrogens (tertiary/aromatic N) is 3. The minimum absolute atomic E-state index is 0.794. The zero-order valence-electron chi connectivity index (χ0n) is 11.1. The van der Waals surface area contributed by atoms with Crippen LogP contribution in [0.25, 0.3) is 10.6 Å². The van der Waals surface area contributed by atoms with Crippen LogP contribution in [0, 0.1) is 6.92 Å². The second-order valence-electron chi connectivity index (χ2n) is 4.97. The molecule has 0 saturated heterocycles. The first-order chi connectivity index (χ1) is 9.33. The highest BCUT2D eigenvalue weighted by atomic mass is 32.1. The molecular weight excluding hydrogens is 256 g/mol. The van der Waals surface area contributed by atoms with Crippen molar-refractivity contribution in [2.24, 2.45) is 0 Å². The Bertz CT molecular complexity index is 548. The minimum Gasteiger partial charge on any atom is -0.314 e. The summed E-state index contributed by atoms with van der Waals surface area (Å²) in [6.45, 7) is 3.10. The summed E-state index contributed by atoms with van der Waals surface area (Å²) in [6.07, 6.45) is 6.66. The SMILES string of the molecule is Cc1ncccc1-c1nnc(CCCNC2CC2)s1. The van der Waals surface area contributed by atoms with E-state index in [1.165, 1.54) is 12.8 Å². The number of aromatic nitrogens is 3. The van der Waals surface area contributed by atoms with Gasteiger partial charge in [0.15, 0.2) is 0 Å². The maximum Gasteiger partial charge on any atom is 0.149 e. The van der Waals surface area contributed by atoms with E-state index in [1.54, 1.807) is 11.3 Å². The van der Waals surface area contributed by atoms with Gasteiger partial charge in [0.2, 0.25) is 0 Å². The van der Waals surface area contributed by atoms with Crippen LogP contribution in [-0.2, 0) is 6.42 Å². The van der Waals surface area contributed by atoms with Crippen molar-refractivity contribution in [2.45, 2.75) is 38.6 Å². The van der Waals surface area contributed by atoms with Gasteiger partial charge in [-0.2, -0.15) is 0 Å². The normalized spacial score (nSPS) is 14.8.